The Morgan fingerprint density at radius 2 is 2.14 bits per heavy atom. The van der Waals surface area contributed by atoms with Crippen LogP contribution in [0.2, 0.25) is 5.02 Å². The van der Waals surface area contributed by atoms with Gasteiger partial charge in [-0.25, -0.2) is 4.39 Å². The van der Waals surface area contributed by atoms with Gasteiger partial charge in [0.25, 0.3) is 0 Å². The van der Waals surface area contributed by atoms with Crippen LogP contribution < -0.4 is 0 Å². The predicted octanol–water partition coefficient (Wildman–Crippen LogP) is 3.39. The number of nitrogens with zero attached hydrogens (tertiary/aromatic N) is 2. The first-order valence-corrected chi connectivity index (χ1v) is 8.57. The van der Waals surface area contributed by atoms with Crippen LogP contribution in [0.25, 0.3) is 0 Å². The minimum atomic E-state index is -0.426. The van der Waals surface area contributed by atoms with Crippen molar-refractivity contribution in [1.82, 2.24) is 9.80 Å². The topological polar surface area (TPSA) is 23.6 Å². The van der Waals surface area contributed by atoms with Gasteiger partial charge in [-0.1, -0.05) is 31.5 Å². The highest BCUT2D eigenvalue weighted by Gasteiger charge is 2.32. The molecule has 1 amide bonds. The lowest BCUT2D eigenvalue weighted by Gasteiger charge is -2.27. The number of halogens is 2. The average molecular weight is 331 g/mol. The minimum Gasteiger partial charge on any atom is -0.325 e. The van der Waals surface area contributed by atoms with Crippen molar-refractivity contribution in [1.29, 1.82) is 0 Å². The molecule has 0 saturated carbocycles. The average Bonchev–Trinajstić information content (AvgIpc) is 2.84. The Hall–Kier alpha value is -0.780. The first kappa shape index (κ1) is 16.6. The van der Waals surface area contributed by atoms with Gasteiger partial charge in [0.2, 0.25) is 5.91 Å². The number of likely N-dealkylation sites (N-methyl/N-ethyl adjacent to an activating group) is 1. The van der Waals surface area contributed by atoms with Crippen molar-refractivity contribution in [2.75, 3.05) is 31.9 Å². The second kappa shape index (κ2) is 7.47. The number of hydrogen-bond donors (Lipinski definition) is 0. The molecule has 1 aliphatic rings. The summed E-state index contributed by atoms with van der Waals surface area (Å²) in [5.41, 5.74) is 0.886. The fourth-order valence-corrected chi connectivity index (χ4v) is 3.82. The Kier molecular flexibility index (Phi) is 5.90. The van der Waals surface area contributed by atoms with Gasteiger partial charge < -0.3 is 9.80 Å². The van der Waals surface area contributed by atoms with E-state index in [1.165, 1.54) is 6.07 Å². The zero-order chi connectivity index (χ0) is 15.4. The van der Waals surface area contributed by atoms with Gasteiger partial charge in [-0.2, -0.15) is 0 Å². The molecule has 3 nitrogen and oxygen atoms in total. The third-order valence-electron chi connectivity index (χ3n) is 3.75. The molecule has 2 rings (SSSR count). The quantitative estimate of drug-likeness (QED) is 0.798. The molecule has 0 aromatic heterocycles. The zero-order valence-corrected chi connectivity index (χ0v) is 13.9. The first-order chi connectivity index (χ1) is 10.1. The van der Waals surface area contributed by atoms with Crippen molar-refractivity contribution in [3.05, 3.63) is 34.6 Å². The number of benzene rings is 1. The smallest absolute Gasteiger partial charge is 0.233 e. The largest absolute Gasteiger partial charge is 0.325 e. The second-order valence-corrected chi connectivity index (χ2v) is 6.43. The number of carbonyl (C=O) groups excluding carboxylic acids is 1. The third-order valence-corrected chi connectivity index (χ3v) is 5.29. The van der Waals surface area contributed by atoms with Crippen LogP contribution in [-0.4, -0.2) is 47.6 Å². The van der Waals surface area contributed by atoms with Crippen molar-refractivity contribution in [3.63, 3.8) is 0 Å². The fourth-order valence-electron chi connectivity index (χ4n) is 2.43. The summed E-state index contributed by atoms with van der Waals surface area (Å²) in [6.07, 6.45) is 0. The van der Waals surface area contributed by atoms with E-state index in [4.69, 9.17) is 11.6 Å². The van der Waals surface area contributed by atoms with E-state index < -0.39 is 5.82 Å². The lowest BCUT2D eigenvalue weighted by atomic mass is 10.2. The van der Waals surface area contributed by atoms with Gasteiger partial charge in [-0.15, -0.1) is 11.8 Å². The number of amides is 1. The van der Waals surface area contributed by atoms with Gasteiger partial charge in [-0.3, -0.25) is 4.79 Å². The molecule has 1 aliphatic heterocycles. The maximum atomic E-state index is 13.3. The maximum absolute atomic E-state index is 13.3. The van der Waals surface area contributed by atoms with Crippen molar-refractivity contribution in [3.8, 4) is 0 Å². The SMILES string of the molecule is CCN(CC)CCN1C(=O)CSC1c1ccc(F)c(Cl)c1. The molecule has 0 aliphatic carbocycles. The molecule has 1 aromatic carbocycles. The molecule has 0 radical (unpaired) electrons. The van der Waals surface area contributed by atoms with E-state index in [1.807, 2.05) is 4.90 Å². The molecule has 21 heavy (non-hydrogen) atoms. The first-order valence-electron chi connectivity index (χ1n) is 7.15. The summed E-state index contributed by atoms with van der Waals surface area (Å²) >= 11 is 7.42. The molecule has 1 atom stereocenters. The van der Waals surface area contributed by atoms with E-state index in [9.17, 15) is 9.18 Å². The van der Waals surface area contributed by atoms with E-state index in [0.29, 0.717) is 12.3 Å². The number of thioether (sulfide) groups is 1. The summed E-state index contributed by atoms with van der Waals surface area (Å²) in [5, 5.41) is 0.0438. The Labute approximate surface area is 134 Å². The molecule has 0 spiro atoms. The van der Waals surface area contributed by atoms with E-state index in [0.717, 1.165) is 25.2 Å². The summed E-state index contributed by atoms with van der Waals surface area (Å²) in [6, 6.07) is 4.70. The highest BCUT2D eigenvalue weighted by Crippen LogP contribution is 2.39. The second-order valence-electron chi connectivity index (χ2n) is 4.95. The molecule has 1 heterocycles. The van der Waals surface area contributed by atoms with Crippen LogP contribution in [0, 0.1) is 5.82 Å². The molecular weight excluding hydrogens is 311 g/mol. The Morgan fingerprint density at radius 3 is 2.76 bits per heavy atom. The van der Waals surface area contributed by atoms with Crippen LogP contribution in [-0.2, 0) is 4.79 Å². The fraction of sp³-hybridized carbons (Fsp3) is 0.533. The highest BCUT2D eigenvalue weighted by molar-refractivity contribution is 8.00. The molecule has 1 aromatic rings. The van der Waals surface area contributed by atoms with E-state index in [1.54, 1.807) is 23.9 Å². The van der Waals surface area contributed by atoms with Gasteiger partial charge in [0.15, 0.2) is 0 Å². The Bertz CT molecular complexity index is 510. The van der Waals surface area contributed by atoms with Crippen LogP contribution in [0.3, 0.4) is 0 Å². The molecular formula is C15H20ClFN2OS. The standard InChI is InChI=1S/C15H20ClFN2OS/c1-3-18(4-2)7-8-19-14(20)10-21-15(19)11-5-6-13(17)12(16)9-11/h5-6,9,15H,3-4,7-8,10H2,1-2H3. The molecule has 0 N–H and O–H groups in total. The van der Waals surface area contributed by atoms with Crippen LogP contribution >= 0.6 is 23.4 Å². The minimum absolute atomic E-state index is 0.0637. The molecule has 6 heteroatoms. The van der Waals surface area contributed by atoms with Crippen LogP contribution in [0.1, 0.15) is 24.8 Å². The van der Waals surface area contributed by atoms with Crippen molar-refractivity contribution >= 4 is 29.3 Å². The van der Waals surface area contributed by atoms with Gasteiger partial charge in [0.1, 0.15) is 11.2 Å². The molecule has 116 valence electrons. The van der Waals surface area contributed by atoms with Crippen molar-refractivity contribution in [2.45, 2.75) is 19.2 Å². The van der Waals surface area contributed by atoms with E-state index in [2.05, 4.69) is 18.7 Å². The van der Waals surface area contributed by atoms with E-state index >= 15 is 0 Å². The third kappa shape index (κ3) is 3.90. The van der Waals surface area contributed by atoms with Gasteiger partial charge >= 0.3 is 0 Å². The molecule has 1 saturated heterocycles. The number of carbonyl (C=O) groups is 1. The van der Waals surface area contributed by atoms with Crippen LogP contribution in [0.5, 0.6) is 0 Å². The summed E-state index contributed by atoms with van der Waals surface area (Å²) < 4.78 is 13.3. The maximum Gasteiger partial charge on any atom is 0.233 e. The lowest BCUT2D eigenvalue weighted by Crippen LogP contribution is -2.37. The summed E-state index contributed by atoms with van der Waals surface area (Å²) in [7, 11) is 0. The number of rotatable bonds is 6. The molecule has 1 fully saturated rings. The zero-order valence-electron chi connectivity index (χ0n) is 12.3. The van der Waals surface area contributed by atoms with Crippen molar-refractivity contribution < 1.29 is 9.18 Å². The Balaban J connectivity index is 2.10. The monoisotopic (exact) mass is 330 g/mol. The Morgan fingerprint density at radius 1 is 1.43 bits per heavy atom. The van der Waals surface area contributed by atoms with Gasteiger partial charge in [0, 0.05) is 13.1 Å². The van der Waals surface area contributed by atoms with Crippen LogP contribution in [0.15, 0.2) is 18.2 Å². The molecule has 0 bridgehead atoms. The molecule has 1 unspecified atom stereocenters. The number of hydrogen-bond acceptors (Lipinski definition) is 3. The summed E-state index contributed by atoms with van der Waals surface area (Å²) in [4.78, 5) is 16.2. The highest BCUT2D eigenvalue weighted by atomic mass is 35.5. The normalized spacial score (nSPS) is 18.8. The van der Waals surface area contributed by atoms with Crippen LogP contribution in [0.4, 0.5) is 4.39 Å². The summed E-state index contributed by atoms with van der Waals surface area (Å²) in [6.45, 7) is 7.71. The van der Waals surface area contributed by atoms with E-state index in [-0.39, 0.29) is 16.3 Å². The van der Waals surface area contributed by atoms with Gasteiger partial charge in [-0.05, 0) is 30.8 Å². The van der Waals surface area contributed by atoms with Crippen molar-refractivity contribution in [2.24, 2.45) is 0 Å². The predicted molar refractivity (Wildman–Crippen MR) is 86.1 cm³/mol. The van der Waals surface area contributed by atoms with Gasteiger partial charge in [0.05, 0.1) is 10.8 Å². The lowest BCUT2D eigenvalue weighted by molar-refractivity contribution is -0.128. The summed E-state index contributed by atoms with van der Waals surface area (Å²) in [5.74, 6) is 0.180.